The second kappa shape index (κ2) is 27.3. The van der Waals surface area contributed by atoms with Gasteiger partial charge in [0.2, 0.25) is 0 Å². The Balaban J connectivity index is 1.71. The number of cyclic esters (lactones) is 1. The van der Waals surface area contributed by atoms with Gasteiger partial charge in [0.25, 0.3) is 0 Å². The fourth-order valence-corrected chi connectivity index (χ4v) is 9.77. The van der Waals surface area contributed by atoms with Gasteiger partial charge in [0.15, 0.2) is 24.3 Å². The van der Waals surface area contributed by atoms with Crippen LogP contribution in [0.5, 0.6) is 0 Å². The van der Waals surface area contributed by atoms with Crippen LogP contribution in [0.4, 0.5) is 0 Å². The number of aliphatic hydroxyl groups is 2. The molecule has 10 unspecified atom stereocenters. The molecule has 3 aliphatic rings. The SMILES string of the molecule is CCC(=O)OC1C(C)OC(OC2C(C)OC(O[C@@H]3C(OC)[C@H](OC(=O)CC)CC(=O)O[C@H](C)CCN(CCc4ccccc4)C[C@H](O)[C@H](C)C[C@@H]3CCOC)C(O)C2N(C)C)CC1(C)OC(C)=O. The molecule has 1 aromatic carbocycles. The second-order valence-electron chi connectivity index (χ2n) is 19.2. The van der Waals surface area contributed by atoms with E-state index in [-0.39, 0.29) is 38.2 Å². The lowest BCUT2D eigenvalue weighted by atomic mass is 9.82. The maximum absolute atomic E-state index is 13.8. The van der Waals surface area contributed by atoms with E-state index in [9.17, 15) is 29.4 Å². The van der Waals surface area contributed by atoms with Crippen LogP contribution in [0, 0.1) is 11.8 Å². The van der Waals surface area contributed by atoms with Gasteiger partial charge in [-0.15, -0.1) is 0 Å². The molecule has 0 spiro atoms. The molecule has 0 amide bonds. The summed E-state index contributed by atoms with van der Waals surface area (Å²) < 4.78 is 61.7. The third-order valence-corrected chi connectivity index (χ3v) is 13.4. The molecule has 3 saturated heterocycles. The van der Waals surface area contributed by atoms with E-state index in [1.54, 1.807) is 60.7 Å². The third-order valence-electron chi connectivity index (χ3n) is 13.4. The first-order valence-electron chi connectivity index (χ1n) is 24.4. The minimum absolute atomic E-state index is 0.00461. The molecule has 4 rings (SSSR count). The first-order chi connectivity index (χ1) is 32.2. The van der Waals surface area contributed by atoms with Crippen molar-refractivity contribution in [3.8, 4) is 0 Å². The predicted molar refractivity (Wildman–Crippen MR) is 249 cm³/mol. The number of rotatable bonds is 17. The Morgan fingerprint density at radius 2 is 1.59 bits per heavy atom. The summed E-state index contributed by atoms with van der Waals surface area (Å²) in [5, 5.41) is 24.3. The average Bonchev–Trinajstić information content (AvgIpc) is 3.28. The van der Waals surface area contributed by atoms with E-state index in [4.69, 9.17) is 47.4 Å². The number of hydrogen-bond acceptors (Lipinski definition) is 18. The highest BCUT2D eigenvalue weighted by atomic mass is 16.7. The molecule has 0 bridgehead atoms. The number of carbonyl (C=O) groups excluding carboxylic acids is 4. The number of β-amino-alcohol motifs (C(OH)–C–C–N with tert-alkyl or cyclic N) is 1. The van der Waals surface area contributed by atoms with E-state index in [1.807, 2.05) is 32.0 Å². The number of esters is 4. The Bertz CT molecular complexity index is 1710. The third kappa shape index (κ3) is 16.4. The Morgan fingerprint density at radius 3 is 2.21 bits per heavy atom. The quantitative estimate of drug-likeness (QED) is 0.166. The lowest BCUT2D eigenvalue weighted by Gasteiger charge is -2.51. The highest BCUT2D eigenvalue weighted by Crippen LogP contribution is 2.39. The molecular weight excluding hydrogens is 885 g/mol. The molecule has 0 aromatic heterocycles. The summed E-state index contributed by atoms with van der Waals surface area (Å²) in [6, 6.07) is 9.36. The number of hydrogen-bond donors (Lipinski definition) is 2. The Morgan fingerprint density at radius 1 is 0.912 bits per heavy atom. The molecule has 18 heteroatoms. The fourth-order valence-electron chi connectivity index (χ4n) is 9.77. The summed E-state index contributed by atoms with van der Waals surface area (Å²) in [6.07, 6.45) is -9.56. The molecule has 0 saturated carbocycles. The Kier molecular flexibility index (Phi) is 23.0. The summed E-state index contributed by atoms with van der Waals surface area (Å²) in [5.74, 6) is -2.94. The van der Waals surface area contributed by atoms with Crippen LogP contribution in [0.25, 0.3) is 0 Å². The summed E-state index contributed by atoms with van der Waals surface area (Å²) in [6.45, 7) is 15.5. The van der Waals surface area contributed by atoms with Crippen LogP contribution < -0.4 is 0 Å². The standard InChI is InChI=1S/C50H82N2O16/c1-13-39(55)64-38-27-41(57)61-31(4)20-23-52(24-21-35-18-16-15-17-19-35)29-37(54)30(3)26-36(22-25-59-11)46(47(38)60-12)67-49-44(58)43(51(9)10)45(32(5)63-49)66-42-28-50(8,68-34(7)53)48(33(6)62-42)65-40(56)14-2/h15-19,30-33,36-38,42-49,54,58H,13-14,20-29H2,1-12H3/t30-,31-,32?,33?,36+,37+,38-,42?,43?,44?,45?,46+,47?,48?,49?,50?/m1/s1. The molecule has 3 aliphatic heterocycles. The van der Waals surface area contributed by atoms with Crippen molar-refractivity contribution < 1.29 is 76.8 Å². The smallest absolute Gasteiger partial charge is 0.309 e. The van der Waals surface area contributed by atoms with Crippen molar-refractivity contribution in [2.75, 3.05) is 54.6 Å². The normalized spacial score (nSPS) is 35.9. The lowest BCUT2D eigenvalue weighted by molar-refractivity contribution is -0.345. The molecule has 18 nitrogen and oxygen atoms in total. The van der Waals surface area contributed by atoms with Crippen molar-refractivity contribution in [1.29, 1.82) is 0 Å². The molecule has 388 valence electrons. The Labute approximate surface area is 403 Å². The van der Waals surface area contributed by atoms with Gasteiger partial charge in [0.1, 0.15) is 30.5 Å². The second-order valence-corrected chi connectivity index (χ2v) is 19.2. The summed E-state index contributed by atoms with van der Waals surface area (Å²) >= 11 is 0. The van der Waals surface area contributed by atoms with Gasteiger partial charge in [-0.05, 0) is 84.9 Å². The summed E-state index contributed by atoms with van der Waals surface area (Å²) in [5.41, 5.74) is -0.136. The summed E-state index contributed by atoms with van der Waals surface area (Å²) in [4.78, 5) is 55.7. The zero-order chi connectivity index (χ0) is 50.3. The van der Waals surface area contributed by atoms with Crippen LogP contribution in [0.1, 0.15) is 106 Å². The first kappa shape index (κ1) is 57.3. The zero-order valence-corrected chi connectivity index (χ0v) is 42.5. The number of ether oxygens (including phenoxy) is 10. The number of carbonyl (C=O) groups is 4. The fraction of sp³-hybridized carbons (Fsp3) is 0.800. The van der Waals surface area contributed by atoms with Crippen molar-refractivity contribution in [3.05, 3.63) is 35.9 Å². The van der Waals surface area contributed by atoms with Gasteiger partial charge in [-0.25, -0.2) is 0 Å². The molecule has 68 heavy (non-hydrogen) atoms. The minimum atomic E-state index is -1.37. The molecule has 16 atom stereocenters. The molecule has 2 N–H and O–H groups in total. The van der Waals surface area contributed by atoms with E-state index < -0.39 is 115 Å². The van der Waals surface area contributed by atoms with Gasteiger partial charge in [-0.1, -0.05) is 51.1 Å². The largest absolute Gasteiger partial charge is 0.463 e. The van der Waals surface area contributed by atoms with Crippen LogP contribution in [0.2, 0.25) is 0 Å². The van der Waals surface area contributed by atoms with E-state index in [0.717, 1.165) is 6.42 Å². The van der Waals surface area contributed by atoms with Gasteiger partial charge in [-0.3, -0.25) is 19.2 Å². The number of likely N-dealkylation sites (N-methyl/N-ethyl adjacent to an activating group) is 1. The highest BCUT2D eigenvalue weighted by Gasteiger charge is 2.54. The van der Waals surface area contributed by atoms with Crippen LogP contribution in [0.3, 0.4) is 0 Å². The number of aliphatic hydroxyl groups excluding tert-OH is 2. The molecule has 0 aliphatic carbocycles. The molecular formula is C50H82N2O16. The number of benzene rings is 1. The van der Waals surface area contributed by atoms with Gasteiger partial charge in [0.05, 0.1) is 36.9 Å². The topological polar surface area (TPSA) is 208 Å². The average molecular weight is 967 g/mol. The predicted octanol–water partition coefficient (Wildman–Crippen LogP) is 4.22. The molecule has 3 heterocycles. The van der Waals surface area contributed by atoms with Crippen molar-refractivity contribution in [2.24, 2.45) is 11.8 Å². The summed E-state index contributed by atoms with van der Waals surface area (Å²) in [7, 11) is 6.61. The van der Waals surface area contributed by atoms with Crippen LogP contribution in [0.15, 0.2) is 30.3 Å². The minimum Gasteiger partial charge on any atom is -0.463 e. The van der Waals surface area contributed by atoms with Crippen molar-refractivity contribution in [3.63, 3.8) is 0 Å². The highest BCUT2D eigenvalue weighted by molar-refractivity contribution is 5.73. The first-order valence-corrected chi connectivity index (χ1v) is 24.4. The van der Waals surface area contributed by atoms with Crippen molar-refractivity contribution >= 4 is 23.9 Å². The van der Waals surface area contributed by atoms with Gasteiger partial charge in [0, 0.05) is 66.6 Å². The van der Waals surface area contributed by atoms with E-state index >= 15 is 0 Å². The molecule has 3 fully saturated rings. The van der Waals surface area contributed by atoms with Crippen LogP contribution >= 0.6 is 0 Å². The van der Waals surface area contributed by atoms with Gasteiger partial charge < -0.3 is 67.4 Å². The van der Waals surface area contributed by atoms with E-state index in [0.29, 0.717) is 38.9 Å². The zero-order valence-electron chi connectivity index (χ0n) is 42.5. The van der Waals surface area contributed by atoms with Crippen molar-refractivity contribution in [2.45, 2.75) is 192 Å². The monoisotopic (exact) mass is 967 g/mol. The van der Waals surface area contributed by atoms with Crippen molar-refractivity contribution in [1.82, 2.24) is 9.80 Å². The number of methoxy groups -OCH3 is 2. The van der Waals surface area contributed by atoms with E-state index in [2.05, 4.69) is 17.0 Å². The molecule has 1 aromatic rings. The lowest BCUT2D eigenvalue weighted by Crippen LogP contribution is -2.66. The van der Waals surface area contributed by atoms with Crippen LogP contribution in [-0.2, 0) is 73.0 Å². The molecule has 0 radical (unpaired) electrons. The maximum atomic E-state index is 13.8. The van der Waals surface area contributed by atoms with E-state index in [1.165, 1.54) is 19.6 Å². The van der Waals surface area contributed by atoms with Gasteiger partial charge >= 0.3 is 23.9 Å². The Hall–Kier alpha value is -3.30. The maximum Gasteiger partial charge on any atom is 0.309 e. The van der Waals surface area contributed by atoms with Gasteiger partial charge in [-0.2, -0.15) is 0 Å². The number of nitrogens with zero attached hydrogens (tertiary/aromatic N) is 2. The van der Waals surface area contributed by atoms with Crippen LogP contribution in [-0.4, -0.2) is 184 Å².